The molecule has 0 N–H and O–H groups in total. The lowest BCUT2D eigenvalue weighted by Gasteiger charge is -2.38. The Morgan fingerprint density at radius 3 is 2.47 bits per heavy atom. The molecule has 17 heavy (non-hydrogen) atoms. The van der Waals surface area contributed by atoms with Crippen molar-refractivity contribution < 1.29 is 9.47 Å². The van der Waals surface area contributed by atoms with Crippen LogP contribution in [0.15, 0.2) is 22.8 Å². The minimum atomic E-state index is -0.300. The molecule has 5 heteroatoms. The molecule has 0 bridgehead atoms. The Morgan fingerprint density at radius 1 is 1.18 bits per heavy atom. The van der Waals surface area contributed by atoms with Gasteiger partial charge in [-0.2, -0.15) is 0 Å². The molecule has 2 saturated heterocycles. The van der Waals surface area contributed by atoms with Gasteiger partial charge in [-0.15, -0.1) is 0 Å². The summed E-state index contributed by atoms with van der Waals surface area (Å²) in [6.45, 7) is 3.34. The first-order valence-electron chi connectivity index (χ1n) is 5.92. The Hall–Kier alpha value is -0.650. The maximum absolute atomic E-state index is 5.71. The van der Waals surface area contributed by atoms with Gasteiger partial charge in [0.05, 0.1) is 13.2 Å². The molecule has 4 nitrogen and oxygen atoms in total. The van der Waals surface area contributed by atoms with Crippen LogP contribution in [0.2, 0.25) is 0 Å². The quantitative estimate of drug-likeness (QED) is 0.796. The summed E-state index contributed by atoms with van der Waals surface area (Å²) in [5.74, 6) is 0.729. The second kappa shape index (κ2) is 4.55. The average molecular weight is 299 g/mol. The van der Waals surface area contributed by atoms with Gasteiger partial charge in [0.2, 0.25) is 0 Å². The second-order valence-corrected chi connectivity index (χ2v) is 5.34. The number of nitrogens with zero attached hydrogens (tertiary/aromatic N) is 2. The third-order valence-corrected chi connectivity index (χ3v) is 3.84. The number of rotatable bonds is 1. The molecule has 1 aromatic heterocycles. The van der Waals surface area contributed by atoms with Crippen LogP contribution in [0.3, 0.4) is 0 Å². The highest BCUT2D eigenvalue weighted by Crippen LogP contribution is 2.32. The summed E-state index contributed by atoms with van der Waals surface area (Å²) in [5, 5.41) is 0. The molecule has 3 heterocycles. The highest BCUT2D eigenvalue weighted by Gasteiger charge is 2.39. The fourth-order valence-corrected chi connectivity index (χ4v) is 2.65. The second-order valence-electron chi connectivity index (χ2n) is 4.43. The Kier molecular flexibility index (Phi) is 3.06. The van der Waals surface area contributed by atoms with E-state index >= 15 is 0 Å². The number of hydrogen-bond acceptors (Lipinski definition) is 4. The first kappa shape index (κ1) is 11.4. The number of halogens is 1. The number of ether oxygens (including phenoxy) is 2. The van der Waals surface area contributed by atoms with Gasteiger partial charge in [0.15, 0.2) is 5.79 Å². The molecule has 1 spiro atoms. The SMILES string of the molecule is Brc1ccc(N2CCC3(CC2)OCCO3)nc1. The van der Waals surface area contributed by atoms with Crippen LogP contribution in [0, 0.1) is 0 Å². The van der Waals surface area contributed by atoms with Crippen molar-refractivity contribution in [2.45, 2.75) is 18.6 Å². The molecule has 2 aliphatic rings. The zero-order valence-electron chi connectivity index (χ0n) is 9.56. The first-order chi connectivity index (χ1) is 8.27. The van der Waals surface area contributed by atoms with E-state index in [9.17, 15) is 0 Å². The summed E-state index contributed by atoms with van der Waals surface area (Å²) < 4.78 is 12.4. The van der Waals surface area contributed by atoms with E-state index in [2.05, 4.69) is 25.8 Å². The topological polar surface area (TPSA) is 34.6 Å². The highest BCUT2D eigenvalue weighted by atomic mass is 79.9. The smallest absolute Gasteiger partial charge is 0.171 e. The summed E-state index contributed by atoms with van der Waals surface area (Å²) in [4.78, 5) is 6.69. The van der Waals surface area contributed by atoms with Crippen LogP contribution in [0.4, 0.5) is 5.82 Å². The summed E-state index contributed by atoms with van der Waals surface area (Å²) in [7, 11) is 0. The Bertz CT molecular complexity index is 380. The molecule has 0 atom stereocenters. The summed E-state index contributed by atoms with van der Waals surface area (Å²) in [5.41, 5.74) is 0. The molecule has 0 saturated carbocycles. The van der Waals surface area contributed by atoms with E-state index in [1.807, 2.05) is 18.3 Å². The third kappa shape index (κ3) is 2.32. The number of hydrogen-bond donors (Lipinski definition) is 0. The lowest BCUT2D eigenvalue weighted by Crippen LogP contribution is -2.45. The maximum Gasteiger partial charge on any atom is 0.171 e. The van der Waals surface area contributed by atoms with Crippen LogP contribution in [0.5, 0.6) is 0 Å². The van der Waals surface area contributed by atoms with Crippen molar-refractivity contribution in [3.05, 3.63) is 22.8 Å². The van der Waals surface area contributed by atoms with Crippen molar-refractivity contribution >= 4 is 21.7 Å². The average Bonchev–Trinajstić information content (AvgIpc) is 2.80. The molecule has 0 radical (unpaired) electrons. The Labute approximate surface area is 109 Å². The molecule has 3 rings (SSSR count). The van der Waals surface area contributed by atoms with E-state index in [-0.39, 0.29) is 5.79 Å². The standard InChI is InChI=1S/C12H15BrN2O2/c13-10-1-2-11(14-9-10)15-5-3-12(4-6-15)16-7-8-17-12/h1-2,9H,3-8H2. The van der Waals surface area contributed by atoms with Gasteiger partial charge in [-0.05, 0) is 28.1 Å². The minimum absolute atomic E-state index is 0.300. The molecule has 2 fully saturated rings. The molecule has 0 amide bonds. The van der Waals surface area contributed by atoms with Crippen molar-refractivity contribution in [3.63, 3.8) is 0 Å². The van der Waals surface area contributed by atoms with Gasteiger partial charge in [0.1, 0.15) is 5.82 Å². The zero-order chi connectivity index (χ0) is 11.7. The van der Waals surface area contributed by atoms with Gasteiger partial charge >= 0.3 is 0 Å². The number of piperidine rings is 1. The Morgan fingerprint density at radius 2 is 1.88 bits per heavy atom. The van der Waals surface area contributed by atoms with Gasteiger partial charge in [-0.3, -0.25) is 0 Å². The van der Waals surface area contributed by atoms with Crippen LogP contribution >= 0.6 is 15.9 Å². The van der Waals surface area contributed by atoms with Gasteiger partial charge in [0, 0.05) is 36.6 Å². The fourth-order valence-electron chi connectivity index (χ4n) is 2.42. The molecule has 0 aliphatic carbocycles. The van der Waals surface area contributed by atoms with Crippen molar-refractivity contribution in [1.82, 2.24) is 4.98 Å². The zero-order valence-corrected chi connectivity index (χ0v) is 11.1. The first-order valence-corrected chi connectivity index (χ1v) is 6.71. The van der Waals surface area contributed by atoms with E-state index < -0.39 is 0 Å². The summed E-state index contributed by atoms with van der Waals surface area (Å²) in [6, 6.07) is 4.06. The molecule has 2 aliphatic heterocycles. The maximum atomic E-state index is 5.71. The normalized spacial score (nSPS) is 23.2. The Balaban J connectivity index is 1.66. The van der Waals surface area contributed by atoms with Crippen LogP contribution in [-0.2, 0) is 9.47 Å². The molecule has 92 valence electrons. The lowest BCUT2D eigenvalue weighted by molar-refractivity contribution is -0.169. The van der Waals surface area contributed by atoms with Crippen molar-refractivity contribution in [2.75, 3.05) is 31.2 Å². The number of anilines is 1. The van der Waals surface area contributed by atoms with Crippen molar-refractivity contribution in [3.8, 4) is 0 Å². The number of pyridine rings is 1. The van der Waals surface area contributed by atoms with E-state index in [0.29, 0.717) is 0 Å². The van der Waals surface area contributed by atoms with Gasteiger partial charge in [-0.25, -0.2) is 4.98 Å². The number of aromatic nitrogens is 1. The van der Waals surface area contributed by atoms with E-state index in [1.54, 1.807) is 0 Å². The minimum Gasteiger partial charge on any atom is -0.356 e. The van der Waals surface area contributed by atoms with Gasteiger partial charge in [0.25, 0.3) is 0 Å². The molecule has 0 aromatic carbocycles. The summed E-state index contributed by atoms with van der Waals surface area (Å²) in [6.07, 6.45) is 3.68. The van der Waals surface area contributed by atoms with Crippen LogP contribution in [0.25, 0.3) is 0 Å². The molecule has 0 unspecified atom stereocenters. The third-order valence-electron chi connectivity index (χ3n) is 3.37. The summed E-state index contributed by atoms with van der Waals surface area (Å²) >= 11 is 3.40. The predicted octanol–water partition coefficient (Wildman–Crippen LogP) is 2.19. The molecular formula is C12H15BrN2O2. The van der Waals surface area contributed by atoms with E-state index in [4.69, 9.17) is 9.47 Å². The van der Waals surface area contributed by atoms with Crippen LogP contribution in [-0.4, -0.2) is 37.1 Å². The highest BCUT2D eigenvalue weighted by molar-refractivity contribution is 9.10. The fraction of sp³-hybridized carbons (Fsp3) is 0.583. The van der Waals surface area contributed by atoms with Crippen molar-refractivity contribution in [1.29, 1.82) is 0 Å². The van der Waals surface area contributed by atoms with Crippen molar-refractivity contribution in [2.24, 2.45) is 0 Å². The molecule has 1 aromatic rings. The molecular weight excluding hydrogens is 284 g/mol. The van der Waals surface area contributed by atoms with Gasteiger partial charge < -0.3 is 14.4 Å². The predicted molar refractivity (Wildman–Crippen MR) is 68.0 cm³/mol. The van der Waals surface area contributed by atoms with E-state index in [0.717, 1.165) is 49.4 Å². The monoisotopic (exact) mass is 298 g/mol. The van der Waals surface area contributed by atoms with Gasteiger partial charge in [-0.1, -0.05) is 0 Å². The van der Waals surface area contributed by atoms with E-state index in [1.165, 1.54) is 0 Å². The van der Waals surface area contributed by atoms with Crippen LogP contribution < -0.4 is 4.90 Å². The van der Waals surface area contributed by atoms with Crippen LogP contribution in [0.1, 0.15) is 12.8 Å². The largest absolute Gasteiger partial charge is 0.356 e. The lowest BCUT2D eigenvalue weighted by atomic mass is 10.0.